The molecule has 20 heavy (non-hydrogen) atoms. The second-order valence-electron chi connectivity index (χ2n) is 6.93. The molecule has 0 heterocycles. The lowest BCUT2D eigenvalue weighted by Crippen LogP contribution is -2.46. The Hall–Kier alpha value is -0.780. The van der Waals surface area contributed by atoms with Gasteiger partial charge < -0.3 is 10.6 Å². The first-order valence-corrected chi connectivity index (χ1v) is 6.91. The molecule has 1 unspecified atom stereocenters. The van der Waals surface area contributed by atoms with Crippen molar-refractivity contribution >= 4 is 5.91 Å². The summed E-state index contributed by atoms with van der Waals surface area (Å²) in [5.41, 5.74) is 5.43. The molecule has 0 saturated heterocycles. The summed E-state index contributed by atoms with van der Waals surface area (Å²) in [6.45, 7) is 8.38. The Balaban J connectivity index is 4.98. The van der Waals surface area contributed by atoms with Gasteiger partial charge in [-0.25, -0.2) is 0 Å². The number of hydrogen-bond acceptors (Lipinski definition) is 2. The van der Waals surface area contributed by atoms with Crippen LogP contribution in [0.2, 0.25) is 0 Å². The zero-order valence-electron chi connectivity index (χ0n) is 13.0. The molecule has 0 bridgehead atoms. The van der Waals surface area contributed by atoms with Crippen molar-refractivity contribution in [3.63, 3.8) is 0 Å². The molecule has 0 aromatic carbocycles. The predicted octanol–water partition coefficient (Wildman–Crippen LogP) is 3.04. The molecule has 0 fully saturated rings. The molecule has 0 aromatic heterocycles. The largest absolute Gasteiger partial charge is 0.406 e. The number of nitrogens with zero attached hydrogens (tertiary/aromatic N) is 1. The van der Waals surface area contributed by atoms with Crippen LogP contribution in [0.5, 0.6) is 0 Å². The van der Waals surface area contributed by atoms with Crippen LogP contribution in [0.3, 0.4) is 0 Å². The number of amides is 1. The average molecular weight is 296 g/mol. The van der Waals surface area contributed by atoms with Gasteiger partial charge in [0.2, 0.25) is 5.91 Å². The molecule has 0 rings (SSSR count). The van der Waals surface area contributed by atoms with E-state index in [0.717, 1.165) is 4.90 Å². The van der Waals surface area contributed by atoms with Gasteiger partial charge in [0.1, 0.15) is 6.54 Å². The van der Waals surface area contributed by atoms with E-state index in [0.29, 0.717) is 6.42 Å². The smallest absolute Gasteiger partial charge is 0.333 e. The summed E-state index contributed by atoms with van der Waals surface area (Å²) in [7, 11) is 0. The zero-order valence-corrected chi connectivity index (χ0v) is 13.0. The maximum Gasteiger partial charge on any atom is 0.406 e. The van der Waals surface area contributed by atoms with Gasteiger partial charge in [-0.05, 0) is 17.8 Å². The van der Waals surface area contributed by atoms with E-state index in [1.807, 2.05) is 20.8 Å². The van der Waals surface area contributed by atoms with E-state index in [1.165, 1.54) is 0 Å². The molecule has 3 nitrogen and oxygen atoms in total. The van der Waals surface area contributed by atoms with Crippen molar-refractivity contribution in [3.05, 3.63) is 0 Å². The zero-order chi connectivity index (χ0) is 16.1. The van der Waals surface area contributed by atoms with E-state index in [9.17, 15) is 18.0 Å². The third-order valence-corrected chi connectivity index (χ3v) is 2.76. The molecular formula is C14H27F3N2O. The monoisotopic (exact) mass is 296 g/mol. The Bertz CT molecular complexity index is 309. The summed E-state index contributed by atoms with van der Waals surface area (Å²) in [5, 5.41) is 0. The van der Waals surface area contributed by atoms with Crippen molar-refractivity contribution < 1.29 is 18.0 Å². The van der Waals surface area contributed by atoms with Crippen LogP contribution >= 0.6 is 0 Å². The number of hydrogen-bond donors (Lipinski definition) is 1. The quantitative estimate of drug-likeness (QED) is 0.819. The second-order valence-corrected chi connectivity index (χ2v) is 6.93. The topological polar surface area (TPSA) is 46.3 Å². The van der Waals surface area contributed by atoms with Gasteiger partial charge in [-0.3, -0.25) is 4.79 Å². The van der Waals surface area contributed by atoms with E-state index in [1.54, 1.807) is 13.8 Å². The standard InChI is InChI=1S/C14H27F3N2O/c1-10(2)8-19(9-14(15,16)17)12(20)11(7-18)6-13(3,4)5/h10-11H,6-9,18H2,1-5H3. The Morgan fingerprint density at radius 1 is 1.20 bits per heavy atom. The number of carbonyl (C=O) groups is 1. The number of rotatable bonds is 6. The van der Waals surface area contributed by atoms with E-state index < -0.39 is 24.5 Å². The number of halogens is 3. The van der Waals surface area contributed by atoms with Gasteiger partial charge in [0.25, 0.3) is 0 Å². The van der Waals surface area contributed by atoms with Gasteiger partial charge in [0, 0.05) is 13.1 Å². The van der Waals surface area contributed by atoms with E-state index >= 15 is 0 Å². The van der Waals surface area contributed by atoms with Crippen molar-refractivity contribution in [2.75, 3.05) is 19.6 Å². The van der Waals surface area contributed by atoms with Crippen LogP contribution in [0.15, 0.2) is 0 Å². The van der Waals surface area contributed by atoms with Crippen LogP contribution < -0.4 is 5.73 Å². The Labute approximate surface area is 119 Å². The highest BCUT2D eigenvalue weighted by molar-refractivity contribution is 5.79. The predicted molar refractivity (Wildman–Crippen MR) is 74.1 cm³/mol. The Kier molecular flexibility index (Phi) is 7.01. The van der Waals surface area contributed by atoms with Crippen LogP contribution in [-0.4, -0.2) is 36.6 Å². The van der Waals surface area contributed by atoms with Crippen LogP contribution in [0, 0.1) is 17.3 Å². The normalized spacial score (nSPS) is 14.5. The van der Waals surface area contributed by atoms with Gasteiger partial charge in [-0.1, -0.05) is 34.6 Å². The molecule has 0 spiro atoms. The van der Waals surface area contributed by atoms with Gasteiger partial charge in [0.15, 0.2) is 0 Å². The molecule has 0 saturated carbocycles. The summed E-state index contributed by atoms with van der Waals surface area (Å²) >= 11 is 0. The van der Waals surface area contributed by atoms with Crippen LogP contribution in [0.4, 0.5) is 13.2 Å². The van der Waals surface area contributed by atoms with Gasteiger partial charge in [0.05, 0.1) is 5.92 Å². The Morgan fingerprint density at radius 3 is 2.00 bits per heavy atom. The Morgan fingerprint density at radius 2 is 1.70 bits per heavy atom. The molecule has 0 aromatic rings. The van der Waals surface area contributed by atoms with Crippen molar-refractivity contribution in [3.8, 4) is 0 Å². The fraction of sp³-hybridized carbons (Fsp3) is 0.929. The highest BCUT2D eigenvalue weighted by Gasteiger charge is 2.36. The molecule has 0 aliphatic rings. The highest BCUT2D eigenvalue weighted by atomic mass is 19.4. The SMILES string of the molecule is CC(C)CN(CC(F)(F)F)C(=O)C(CN)CC(C)(C)C. The fourth-order valence-corrected chi connectivity index (χ4v) is 2.16. The van der Waals surface area contributed by atoms with Crippen molar-refractivity contribution in [1.82, 2.24) is 4.90 Å². The van der Waals surface area contributed by atoms with Crippen molar-refractivity contribution in [2.24, 2.45) is 23.0 Å². The second kappa shape index (κ2) is 7.29. The first-order valence-electron chi connectivity index (χ1n) is 6.91. The molecule has 0 aliphatic heterocycles. The van der Waals surface area contributed by atoms with E-state index in [4.69, 9.17) is 5.73 Å². The lowest BCUT2D eigenvalue weighted by atomic mass is 9.84. The lowest BCUT2D eigenvalue weighted by molar-refractivity contribution is -0.165. The van der Waals surface area contributed by atoms with Crippen LogP contribution in [0.25, 0.3) is 0 Å². The van der Waals surface area contributed by atoms with Gasteiger partial charge >= 0.3 is 6.18 Å². The van der Waals surface area contributed by atoms with Gasteiger partial charge in [-0.2, -0.15) is 13.2 Å². The van der Waals surface area contributed by atoms with Gasteiger partial charge in [-0.15, -0.1) is 0 Å². The molecular weight excluding hydrogens is 269 g/mol. The summed E-state index contributed by atoms with van der Waals surface area (Å²) in [6, 6.07) is 0. The molecule has 0 radical (unpaired) electrons. The summed E-state index contributed by atoms with van der Waals surface area (Å²) in [4.78, 5) is 13.2. The number of carbonyl (C=O) groups excluding carboxylic acids is 1. The van der Waals surface area contributed by atoms with E-state index in [-0.39, 0.29) is 24.4 Å². The lowest BCUT2D eigenvalue weighted by Gasteiger charge is -2.31. The summed E-state index contributed by atoms with van der Waals surface area (Å²) in [5.74, 6) is -1.07. The highest BCUT2D eigenvalue weighted by Crippen LogP contribution is 2.26. The minimum absolute atomic E-state index is 0.0191. The molecule has 1 amide bonds. The summed E-state index contributed by atoms with van der Waals surface area (Å²) in [6.07, 6.45) is -3.90. The third kappa shape index (κ3) is 8.40. The van der Waals surface area contributed by atoms with E-state index in [2.05, 4.69) is 0 Å². The molecule has 2 N–H and O–H groups in total. The number of nitrogens with two attached hydrogens (primary N) is 1. The first-order chi connectivity index (χ1) is 8.85. The van der Waals surface area contributed by atoms with Crippen LogP contribution in [0.1, 0.15) is 41.0 Å². The fourth-order valence-electron chi connectivity index (χ4n) is 2.16. The maximum absolute atomic E-state index is 12.6. The molecule has 120 valence electrons. The van der Waals surface area contributed by atoms with Crippen LogP contribution in [-0.2, 0) is 4.79 Å². The number of alkyl halides is 3. The first kappa shape index (κ1) is 19.2. The third-order valence-electron chi connectivity index (χ3n) is 2.76. The molecule has 1 atom stereocenters. The van der Waals surface area contributed by atoms with Crippen molar-refractivity contribution in [2.45, 2.75) is 47.2 Å². The van der Waals surface area contributed by atoms with Crippen molar-refractivity contribution in [1.29, 1.82) is 0 Å². The molecule has 6 heteroatoms. The minimum Gasteiger partial charge on any atom is -0.333 e. The average Bonchev–Trinajstić information content (AvgIpc) is 2.20. The summed E-state index contributed by atoms with van der Waals surface area (Å²) < 4.78 is 37.8. The maximum atomic E-state index is 12.6. The minimum atomic E-state index is -4.38. The molecule has 0 aliphatic carbocycles.